The average molecular weight is 696 g/mol. The first-order chi connectivity index (χ1) is 22.2. The SMILES string of the molecule is CC1(C)C(NC(=O)/C(=N\O[C@H](C=O)COc2ccc3c(c2)CN(C(N)=NC2CCCNC2)C3)C2=CSC(N)N2)C(=O)N1OS(=O)(=O)O. The van der Waals surface area contributed by atoms with Gasteiger partial charge < -0.3 is 41.9 Å². The molecule has 3 unspecified atom stereocenters. The molecule has 2 saturated heterocycles. The summed E-state index contributed by atoms with van der Waals surface area (Å²) in [5, 5.41) is 14.4. The number of β-lactam (4-membered cyclic amide) rings is 1. The van der Waals surface area contributed by atoms with E-state index in [1.165, 1.54) is 19.3 Å². The second-order valence-electron chi connectivity index (χ2n) is 11.7. The lowest BCUT2D eigenvalue weighted by Gasteiger charge is -2.50. The number of hydrogen-bond donors (Lipinski definition) is 6. The number of hydrogen-bond acceptors (Lipinski definition) is 14. The van der Waals surface area contributed by atoms with Gasteiger partial charge in [0.15, 0.2) is 18.0 Å². The molecule has 256 valence electrons. The number of aliphatic imine (C=N–C) groups is 1. The van der Waals surface area contributed by atoms with Crippen LogP contribution in [0, 0.1) is 0 Å². The van der Waals surface area contributed by atoms with Crippen LogP contribution in [0.25, 0.3) is 0 Å². The van der Waals surface area contributed by atoms with Crippen molar-refractivity contribution in [1.82, 2.24) is 25.9 Å². The average Bonchev–Trinajstić information content (AvgIpc) is 3.66. The normalized spacial score (nSPS) is 24.9. The molecule has 4 atom stereocenters. The number of thioether (sulfide) groups is 1. The van der Waals surface area contributed by atoms with Crippen molar-refractivity contribution >= 4 is 51.9 Å². The van der Waals surface area contributed by atoms with Crippen molar-refractivity contribution in [3.63, 3.8) is 0 Å². The maximum atomic E-state index is 13.3. The summed E-state index contributed by atoms with van der Waals surface area (Å²) in [6.45, 7) is 5.55. The molecule has 8 N–H and O–H groups in total. The Morgan fingerprint density at radius 3 is 2.72 bits per heavy atom. The monoisotopic (exact) mass is 695 g/mol. The molecule has 0 radical (unpaired) electrons. The standard InChI is InChI=1S/C27H37N9O9S2/c1-27(2)22(24(39)36(27)45-47(40,41)42)33-23(38)21(20-14-46-26(29)32-20)34-44-19(12-37)13-43-18-6-5-15-10-35(11-16(15)8-18)25(28)31-17-4-3-7-30-9-17/h5-6,8,12,14,17,19,22,26,30,32H,3-4,7,9-11,13,29H2,1-2H3,(H2,28,31)(H,33,38)(H,40,41,42)/b34-21-/t17?,19-,22?,26?/m1/s1. The number of benzene rings is 1. The third-order valence-electron chi connectivity index (χ3n) is 7.88. The van der Waals surface area contributed by atoms with Crippen molar-refractivity contribution in [1.29, 1.82) is 0 Å². The summed E-state index contributed by atoms with van der Waals surface area (Å²) in [6.07, 6.45) is 1.30. The molecule has 0 aliphatic carbocycles. The van der Waals surface area contributed by atoms with Crippen LogP contribution in [-0.4, -0.2) is 102 Å². The van der Waals surface area contributed by atoms with E-state index >= 15 is 0 Å². The summed E-state index contributed by atoms with van der Waals surface area (Å²) < 4.78 is 41.3. The number of guanidine groups is 1. The van der Waals surface area contributed by atoms with Gasteiger partial charge in [0, 0.05) is 25.0 Å². The zero-order chi connectivity index (χ0) is 33.9. The lowest BCUT2D eigenvalue weighted by atomic mass is 9.84. The van der Waals surface area contributed by atoms with Crippen molar-refractivity contribution in [2.24, 2.45) is 21.6 Å². The summed E-state index contributed by atoms with van der Waals surface area (Å²) in [7, 11) is -4.98. The highest BCUT2D eigenvalue weighted by atomic mass is 32.3. The number of carbonyl (C=O) groups excluding carboxylic acids is 3. The maximum Gasteiger partial charge on any atom is 0.418 e. The minimum Gasteiger partial charge on any atom is -0.489 e. The molecule has 0 aromatic heterocycles. The van der Waals surface area contributed by atoms with Crippen molar-refractivity contribution < 1.29 is 41.2 Å². The smallest absolute Gasteiger partial charge is 0.418 e. The molecule has 20 heteroatoms. The summed E-state index contributed by atoms with van der Waals surface area (Å²) in [5.41, 5.74) is 12.1. The second-order valence-corrected chi connectivity index (χ2v) is 13.8. The number of rotatable bonds is 12. The number of nitrogens with zero attached hydrogens (tertiary/aromatic N) is 4. The minimum atomic E-state index is -4.98. The first-order valence-corrected chi connectivity index (χ1v) is 17.0. The van der Waals surface area contributed by atoms with Gasteiger partial charge in [-0.1, -0.05) is 23.0 Å². The van der Waals surface area contributed by atoms with Gasteiger partial charge in [0.2, 0.25) is 6.10 Å². The topological polar surface area (TPSA) is 253 Å². The van der Waals surface area contributed by atoms with E-state index in [0.717, 1.165) is 48.8 Å². The number of aldehydes is 1. The second kappa shape index (κ2) is 14.0. The van der Waals surface area contributed by atoms with E-state index in [0.29, 0.717) is 36.1 Å². The van der Waals surface area contributed by atoms with Crippen LogP contribution in [0.15, 0.2) is 39.5 Å². The van der Waals surface area contributed by atoms with Crippen LogP contribution in [0.4, 0.5) is 0 Å². The Morgan fingerprint density at radius 1 is 1.32 bits per heavy atom. The van der Waals surface area contributed by atoms with E-state index in [9.17, 15) is 22.8 Å². The number of nitrogens with one attached hydrogen (secondary N) is 3. The zero-order valence-electron chi connectivity index (χ0n) is 25.6. The van der Waals surface area contributed by atoms with E-state index in [1.54, 1.807) is 6.07 Å². The molecule has 2 fully saturated rings. The highest BCUT2D eigenvalue weighted by Gasteiger charge is 2.58. The van der Waals surface area contributed by atoms with Crippen molar-refractivity contribution in [2.45, 2.75) is 69.0 Å². The fourth-order valence-corrected chi connectivity index (χ4v) is 6.46. The largest absolute Gasteiger partial charge is 0.489 e. The summed E-state index contributed by atoms with van der Waals surface area (Å²) in [5.74, 6) is -0.855. The highest BCUT2D eigenvalue weighted by Crippen LogP contribution is 2.33. The van der Waals surface area contributed by atoms with Gasteiger partial charge in [-0.15, -0.1) is 4.28 Å². The van der Waals surface area contributed by atoms with E-state index in [1.807, 2.05) is 17.0 Å². The van der Waals surface area contributed by atoms with Crippen LogP contribution in [0.1, 0.15) is 37.8 Å². The van der Waals surface area contributed by atoms with Gasteiger partial charge in [-0.2, -0.15) is 13.5 Å². The molecule has 1 aromatic rings. The quantitative estimate of drug-likeness (QED) is 0.0369. The Morgan fingerprint density at radius 2 is 2.09 bits per heavy atom. The summed E-state index contributed by atoms with van der Waals surface area (Å²) in [6, 6.07) is 4.44. The molecule has 4 heterocycles. The number of ether oxygens (including phenoxy) is 1. The minimum absolute atomic E-state index is 0.155. The predicted octanol–water partition coefficient (Wildman–Crippen LogP) is -1.35. The number of piperidine rings is 1. The van der Waals surface area contributed by atoms with Gasteiger partial charge in [0.1, 0.15) is 23.9 Å². The van der Waals surface area contributed by atoms with Gasteiger partial charge in [-0.3, -0.25) is 18.9 Å². The molecule has 18 nitrogen and oxygen atoms in total. The van der Waals surface area contributed by atoms with Crippen LogP contribution in [0.3, 0.4) is 0 Å². The van der Waals surface area contributed by atoms with Crippen LogP contribution in [0.2, 0.25) is 0 Å². The molecule has 1 aromatic carbocycles. The van der Waals surface area contributed by atoms with Crippen LogP contribution in [-0.2, 0) is 47.0 Å². The molecule has 5 rings (SSSR count). The van der Waals surface area contributed by atoms with E-state index in [4.69, 9.17) is 25.6 Å². The molecule has 2 amide bonds. The highest BCUT2D eigenvalue weighted by molar-refractivity contribution is 8.02. The number of hydroxylamine groups is 2. The van der Waals surface area contributed by atoms with Gasteiger partial charge in [-0.05, 0) is 56.5 Å². The Kier molecular flexibility index (Phi) is 10.3. The summed E-state index contributed by atoms with van der Waals surface area (Å²) in [4.78, 5) is 49.7. The Bertz CT molecular complexity index is 1600. The van der Waals surface area contributed by atoms with E-state index < -0.39 is 45.4 Å². The van der Waals surface area contributed by atoms with E-state index in [2.05, 4.69) is 30.4 Å². The molecule has 4 aliphatic heterocycles. The van der Waals surface area contributed by atoms with Gasteiger partial charge in [0.05, 0.1) is 17.3 Å². The van der Waals surface area contributed by atoms with Crippen molar-refractivity contribution in [3.05, 3.63) is 40.4 Å². The van der Waals surface area contributed by atoms with Crippen LogP contribution < -0.4 is 32.2 Å². The van der Waals surface area contributed by atoms with Gasteiger partial charge in [-0.25, -0.2) is 4.99 Å². The van der Waals surface area contributed by atoms with E-state index in [-0.39, 0.29) is 24.1 Å². The summed E-state index contributed by atoms with van der Waals surface area (Å²) >= 11 is 1.15. The predicted molar refractivity (Wildman–Crippen MR) is 169 cm³/mol. The molecule has 4 aliphatic rings. The zero-order valence-corrected chi connectivity index (χ0v) is 27.3. The molecule has 47 heavy (non-hydrogen) atoms. The lowest BCUT2D eigenvalue weighted by molar-refractivity contribution is -0.218. The van der Waals surface area contributed by atoms with Gasteiger partial charge in [0.25, 0.3) is 11.8 Å². The third kappa shape index (κ3) is 8.14. The lowest BCUT2D eigenvalue weighted by Crippen LogP contribution is -2.77. The Hall–Kier alpha value is -3.95. The molecule has 0 saturated carbocycles. The number of fused-ring (bicyclic) bond motifs is 1. The first kappa shape index (κ1) is 34.4. The van der Waals surface area contributed by atoms with Crippen molar-refractivity contribution in [3.8, 4) is 5.75 Å². The fraction of sp³-hybridized carbons (Fsp3) is 0.519. The fourth-order valence-electron chi connectivity index (χ4n) is 5.35. The molecular formula is C27H37N9O9S2. The molecule has 0 spiro atoms. The van der Waals surface area contributed by atoms with Gasteiger partial charge >= 0.3 is 10.4 Å². The van der Waals surface area contributed by atoms with Crippen molar-refractivity contribution in [2.75, 3.05) is 19.7 Å². The van der Waals surface area contributed by atoms with Crippen LogP contribution in [0.5, 0.6) is 5.75 Å². The first-order valence-electron chi connectivity index (χ1n) is 14.7. The number of amides is 2. The number of nitrogens with two attached hydrogens (primary N) is 2. The van der Waals surface area contributed by atoms with Crippen LogP contribution >= 0.6 is 11.8 Å². The number of oxime groups is 1. The number of carbonyl (C=O) groups is 3. The maximum absolute atomic E-state index is 13.3. The molecule has 0 bridgehead atoms. The third-order valence-corrected chi connectivity index (χ3v) is 9.00. The Labute approximate surface area is 275 Å². The molecular weight excluding hydrogens is 658 g/mol. The Balaban J connectivity index is 1.20.